The quantitative estimate of drug-likeness (QED) is 0.388. The molecule has 4 aromatic rings. The van der Waals surface area contributed by atoms with Crippen molar-refractivity contribution >= 4 is 28.3 Å². The number of hydrogen-bond donors (Lipinski definition) is 1. The van der Waals surface area contributed by atoms with Gasteiger partial charge in [-0.05, 0) is 23.8 Å². The second kappa shape index (κ2) is 7.59. The van der Waals surface area contributed by atoms with Crippen LogP contribution < -0.4 is 10.5 Å². The van der Waals surface area contributed by atoms with Crippen LogP contribution in [-0.2, 0) is 16.9 Å². The number of anilines is 1. The molecule has 1 aromatic heterocycles. The number of amides is 1. The Labute approximate surface area is 183 Å². The van der Waals surface area contributed by atoms with Gasteiger partial charge in [0.15, 0.2) is 11.4 Å². The Kier molecular flexibility index (Phi) is 4.72. The highest BCUT2D eigenvalue weighted by atomic mass is 16.4. The van der Waals surface area contributed by atoms with Gasteiger partial charge in [-0.2, -0.15) is 0 Å². The van der Waals surface area contributed by atoms with Crippen LogP contribution in [0, 0.1) is 0 Å². The molecule has 2 heterocycles. The number of carbonyl (C=O) groups is 2. The molecular weight excluding hydrogens is 406 g/mol. The zero-order valence-electron chi connectivity index (χ0n) is 17.0. The minimum Gasteiger partial charge on any atom is -0.422 e. The van der Waals surface area contributed by atoms with Crippen LogP contribution in [0.1, 0.15) is 27.9 Å². The SMILES string of the molecule is O=C(C[C@@]1(O)C(=O)N(Cc2ccccc2)c2ccccc21)c1cc2ccccc2oc1=O. The first-order valence-electron chi connectivity index (χ1n) is 10.2. The fourth-order valence-corrected chi connectivity index (χ4v) is 4.18. The van der Waals surface area contributed by atoms with Crippen LogP contribution in [0.25, 0.3) is 11.0 Å². The van der Waals surface area contributed by atoms with E-state index < -0.39 is 29.3 Å². The van der Waals surface area contributed by atoms with Gasteiger partial charge in [0.25, 0.3) is 5.91 Å². The molecule has 0 saturated heterocycles. The van der Waals surface area contributed by atoms with Gasteiger partial charge in [0, 0.05) is 10.9 Å². The molecule has 6 heteroatoms. The van der Waals surface area contributed by atoms with E-state index >= 15 is 0 Å². The summed E-state index contributed by atoms with van der Waals surface area (Å²) < 4.78 is 5.25. The third-order valence-corrected chi connectivity index (χ3v) is 5.78. The molecular formula is C26H19NO5. The maximum absolute atomic E-state index is 13.4. The topological polar surface area (TPSA) is 87.8 Å². The predicted octanol–water partition coefficient (Wildman–Crippen LogP) is 3.80. The molecule has 0 spiro atoms. The molecule has 0 radical (unpaired) electrons. The third kappa shape index (κ3) is 3.21. The molecule has 1 atom stereocenters. The second-order valence-electron chi connectivity index (χ2n) is 7.84. The van der Waals surface area contributed by atoms with Crippen molar-refractivity contribution in [2.75, 3.05) is 4.90 Å². The third-order valence-electron chi connectivity index (χ3n) is 5.78. The van der Waals surface area contributed by atoms with Gasteiger partial charge < -0.3 is 14.4 Å². The number of carbonyl (C=O) groups excluding carboxylic acids is 2. The summed E-state index contributed by atoms with van der Waals surface area (Å²) in [5.41, 5.74) is -0.909. The van der Waals surface area contributed by atoms with Crippen LogP contribution in [0.3, 0.4) is 0 Å². The van der Waals surface area contributed by atoms with E-state index in [1.807, 2.05) is 30.3 Å². The van der Waals surface area contributed by atoms with E-state index in [0.29, 0.717) is 22.2 Å². The normalized spacial score (nSPS) is 17.5. The van der Waals surface area contributed by atoms with E-state index in [1.54, 1.807) is 48.5 Å². The van der Waals surface area contributed by atoms with E-state index in [0.717, 1.165) is 5.56 Å². The second-order valence-corrected chi connectivity index (χ2v) is 7.84. The molecule has 1 amide bonds. The summed E-state index contributed by atoms with van der Waals surface area (Å²) in [6, 6.07) is 24.5. The zero-order valence-corrected chi connectivity index (χ0v) is 17.0. The molecule has 5 rings (SSSR count). The van der Waals surface area contributed by atoms with Crippen LogP contribution in [0.2, 0.25) is 0 Å². The van der Waals surface area contributed by atoms with Crippen LogP contribution in [0.5, 0.6) is 0 Å². The van der Waals surface area contributed by atoms with Crippen molar-refractivity contribution in [3.05, 3.63) is 112 Å². The van der Waals surface area contributed by atoms with Gasteiger partial charge in [-0.15, -0.1) is 0 Å². The maximum atomic E-state index is 13.4. The average molecular weight is 425 g/mol. The fourth-order valence-electron chi connectivity index (χ4n) is 4.18. The van der Waals surface area contributed by atoms with Crippen LogP contribution in [0.4, 0.5) is 5.69 Å². The smallest absolute Gasteiger partial charge is 0.347 e. The lowest BCUT2D eigenvalue weighted by Crippen LogP contribution is -2.42. The highest BCUT2D eigenvalue weighted by Crippen LogP contribution is 2.43. The van der Waals surface area contributed by atoms with E-state index in [2.05, 4.69) is 0 Å². The van der Waals surface area contributed by atoms with Crippen molar-refractivity contribution < 1.29 is 19.1 Å². The van der Waals surface area contributed by atoms with Crippen molar-refractivity contribution in [1.29, 1.82) is 0 Å². The number of ketones is 1. The Hall–Kier alpha value is -4.03. The number of para-hydroxylation sites is 2. The molecule has 1 aliphatic heterocycles. The van der Waals surface area contributed by atoms with Gasteiger partial charge in [0.1, 0.15) is 11.1 Å². The minimum atomic E-state index is -2.07. The van der Waals surface area contributed by atoms with Gasteiger partial charge in [-0.25, -0.2) is 4.79 Å². The Morgan fingerprint density at radius 3 is 2.41 bits per heavy atom. The molecule has 0 saturated carbocycles. The van der Waals surface area contributed by atoms with Gasteiger partial charge in [0.05, 0.1) is 18.7 Å². The van der Waals surface area contributed by atoms with Crippen molar-refractivity contribution in [3.8, 4) is 0 Å². The maximum Gasteiger partial charge on any atom is 0.347 e. The molecule has 6 nitrogen and oxygen atoms in total. The molecule has 0 unspecified atom stereocenters. The number of benzene rings is 3. The largest absolute Gasteiger partial charge is 0.422 e. The molecule has 158 valence electrons. The summed E-state index contributed by atoms with van der Waals surface area (Å²) in [4.78, 5) is 40.4. The van der Waals surface area contributed by atoms with Crippen LogP contribution in [-0.4, -0.2) is 16.8 Å². The summed E-state index contributed by atoms with van der Waals surface area (Å²) in [6.07, 6.45) is -0.558. The highest BCUT2D eigenvalue weighted by molar-refractivity contribution is 6.11. The van der Waals surface area contributed by atoms with E-state index in [9.17, 15) is 19.5 Å². The summed E-state index contributed by atoms with van der Waals surface area (Å²) >= 11 is 0. The molecule has 32 heavy (non-hydrogen) atoms. The van der Waals surface area contributed by atoms with E-state index in [1.165, 1.54) is 11.0 Å². The average Bonchev–Trinajstić information content (AvgIpc) is 3.01. The Bertz CT molecular complexity index is 1410. The monoisotopic (exact) mass is 425 g/mol. The number of rotatable bonds is 5. The molecule has 1 aliphatic rings. The summed E-state index contributed by atoms with van der Waals surface area (Å²) in [6.45, 7) is 0.255. The van der Waals surface area contributed by atoms with Gasteiger partial charge in [-0.1, -0.05) is 66.7 Å². The zero-order chi connectivity index (χ0) is 22.3. The van der Waals surface area contributed by atoms with Crippen molar-refractivity contribution in [2.24, 2.45) is 0 Å². The Morgan fingerprint density at radius 2 is 1.59 bits per heavy atom. The van der Waals surface area contributed by atoms with Gasteiger partial charge in [0.2, 0.25) is 0 Å². The molecule has 0 bridgehead atoms. The van der Waals surface area contributed by atoms with E-state index in [-0.39, 0.29) is 12.1 Å². The predicted molar refractivity (Wildman–Crippen MR) is 119 cm³/mol. The first-order valence-corrected chi connectivity index (χ1v) is 10.2. The number of nitrogens with zero attached hydrogens (tertiary/aromatic N) is 1. The van der Waals surface area contributed by atoms with Gasteiger partial charge in [-0.3, -0.25) is 9.59 Å². The molecule has 1 N–H and O–H groups in total. The number of Topliss-reactive ketones (excluding diaryl/α,β-unsaturated/α-hetero) is 1. The molecule has 0 aliphatic carbocycles. The van der Waals surface area contributed by atoms with Crippen molar-refractivity contribution in [1.82, 2.24) is 0 Å². The lowest BCUT2D eigenvalue weighted by atomic mass is 9.88. The standard InChI is InChI=1S/C26H19NO5/c28-22(19-14-18-10-4-7-13-23(18)32-24(19)29)15-26(31)20-11-5-6-12-21(20)27(25(26)30)16-17-8-2-1-3-9-17/h1-14,31H,15-16H2/t26-/m0/s1. The van der Waals surface area contributed by atoms with Crippen LogP contribution in [0.15, 0.2) is 94.1 Å². The number of aliphatic hydroxyl groups is 1. The van der Waals surface area contributed by atoms with Crippen molar-refractivity contribution in [2.45, 2.75) is 18.6 Å². The Morgan fingerprint density at radius 1 is 0.906 bits per heavy atom. The van der Waals surface area contributed by atoms with Gasteiger partial charge >= 0.3 is 5.63 Å². The summed E-state index contributed by atoms with van der Waals surface area (Å²) in [5.74, 6) is -1.25. The van der Waals surface area contributed by atoms with Crippen molar-refractivity contribution in [3.63, 3.8) is 0 Å². The number of fused-ring (bicyclic) bond motifs is 2. The fraction of sp³-hybridized carbons (Fsp3) is 0.115. The lowest BCUT2D eigenvalue weighted by molar-refractivity contribution is -0.136. The lowest BCUT2D eigenvalue weighted by Gasteiger charge is -2.22. The minimum absolute atomic E-state index is 0.191. The molecule has 3 aromatic carbocycles. The summed E-state index contributed by atoms with van der Waals surface area (Å²) in [5, 5.41) is 12.0. The first kappa shape index (κ1) is 19.9. The Balaban J connectivity index is 1.52. The van der Waals surface area contributed by atoms with Crippen LogP contribution >= 0.6 is 0 Å². The van der Waals surface area contributed by atoms with E-state index in [4.69, 9.17) is 4.42 Å². The summed E-state index contributed by atoms with van der Waals surface area (Å²) in [7, 11) is 0. The molecule has 0 fully saturated rings. The highest BCUT2D eigenvalue weighted by Gasteiger charge is 2.51. The first-order chi connectivity index (χ1) is 15.5. The number of hydrogen-bond acceptors (Lipinski definition) is 5.